The van der Waals surface area contributed by atoms with Gasteiger partial charge < -0.3 is 14.4 Å². The molecule has 1 heterocycles. The average molecular weight is 231 g/mol. The first-order valence-electron chi connectivity index (χ1n) is 5.91. The molecule has 0 unspecified atom stereocenters. The quantitative estimate of drug-likeness (QED) is 0.670. The summed E-state index contributed by atoms with van der Waals surface area (Å²) in [7, 11) is -1.21. The van der Waals surface area contributed by atoms with Gasteiger partial charge in [0, 0.05) is 19.3 Å². The van der Waals surface area contributed by atoms with E-state index in [0.29, 0.717) is 6.10 Å². The maximum Gasteiger partial charge on any atom is 0.0923 e. The van der Waals surface area contributed by atoms with Gasteiger partial charge in [0.2, 0.25) is 0 Å². The van der Waals surface area contributed by atoms with Crippen LogP contribution in [0.15, 0.2) is 0 Å². The molecule has 0 spiro atoms. The van der Waals surface area contributed by atoms with Gasteiger partial charge in [-0.2, -0.15) is 0 Å². The Morgan fingerprint density at radius 3 is 2.40 bits per heavy atom. The molecule has 0 N–H and O–H groups in total. The topological polar surface area (TPSA) is 21.7 Å². The van der Waals surface area contributed by atoms with Gasteiger partial charge >= 0.3 is 0 Å². The summed E-state index contributed by atoms with van der Waals surface area (Å²) in [6.45, 7) is 13.0. The summed E-state index contributed by atoms with van der Waals surface area (Å²) in [5, 5.41) is 0. The molecule has 15 heavy (non-hydrogen) atoms. The third-order valence-corrected chi connectivity index (χ3v) is 4.81. The highest BCUT2D eigenvalue weighted by Gasteiger charge is 2.26. The molecule has 1 aliphatic rings. The average Bonchev–Trinajstić information content (AvgIpc) is 2.16. The molecule has 90 valence electrons. The molecule has 0 aromatic carbocycles. The predicted octanol–water partition coefficient (Wildman–Crippen LogP) is 1.53. The Morgan fingerprint density at radius 1 is 1.27 bits per heavy atom. The van der Waals surface area contributed by atoms with Gasteiger partial charge in [-0.05, 0) is 20.0 Å². The van der Waals surface area contributed by atoms with Crippen molar-refractivity contribution in [1.82, 2.24) is 4.90 Å². The zero-order valence-corrected chi connectivity index (χ0v) is 11.6. The summed E-state index contributed by atoms with van der Waals surface area (Å²) < 4.78 is 11.1. The van der Waals surface area contributed by atoms with E-state index in [0.717, 1.165) is 32.5 Å². The molecular weight excluding hydrogens is 206 g/mol. The molecule has 0 saturated carbocycles. The molecule has 3 nitrogen and oxygen atoms in total. The monoisotopic (exact) mass is 231 g/mol. The van der Waals surface area contributed by atoms with Crippen LogP contribution in [-0.2, 0) is 9.47 Å². The van der Waals surface area contributed by atoms with E-state index in [9.17, 15) is 0 Å². The number of morpholine rings is 1. The third-order valence-electron chi connectivity index (χ3n) is 2.56. The lowest BCUT2D eigenvalue weighted by Gasteiger charge is -2.33. The van der Waals surface area contributed by atoms with Gasteiger partial charge in [0.1, 0.15) is 0 Å². The molecule has 0 aromatic rings. The fraction of sp³-hybridized carbons (Fsp3) is 1.00. The van der Waals surface area contributed by atoms with Gasteiger partial charge in [0.05, 0.1) is 27.4 Å². The van der Waals surface area contributed by atoms with E-state index in [4.69, 9.17) is 9.47 Å². The van der Waals surface area contributed by atoms with Crippen LogP contribution in [0.1, 0.15) is 13.8 Å². The fourth-order valence-corrected chi connectivity index (χ4v) is 4.21. The van der Waals surface area contributed by atoms with Crippen molar-refractivity contribution in [3.63, 3.8) is 0 Å². The van der Waals surface area contributed by atoms with Crippen LogP contribution >= 0.6 is 0 Å². The lowest BCUT2D eigenvalue weighted by atomic mass is 10.5. The summed E-state index contributed by atoms with van der Waals surface area (Å²) >= 11 is 0. The van der Waals surface area contributed by atoms with Gasteiger partial charge in [-0.1, -0.05) is 13.1 Å². The van der Waals surface area contributed by atoms with Crippen LogP contribution in [0.5, 0.6) is 0 Å². The van der Waals surface area contributed by atoms with Gasteiger partial charge in [0.25, 0.3) is 0 Å². The van der Waals surface area contributed by atoms with E-state index in [1.165, 1.54) is 6.17 Å². The standard InChI is InChI=1S/C11H25NO2Si/c1-11(2)14-10-15(3,4)9-12-5-7-13-8-6-12/h11H,5-10H2,1-4H3. The second kappa shape index (κ2) is 5.99. The summed E-state index contributed by atoms with van der Waals surface area (Å²) in [6.07, 6.45) is 2.58. The second-order valence-corrected chi connectivity index (χ2v) is 10.3. The number of hydrogen-bond acceptors (Lipinski definition) is 3. The molecule has 1 saturated heterocycles. The summed E-state index contributed by atoms with van der Waals surface area (Å²) in [6, 6.07) is 0. The van der Waals surface area contributed by atoms with Crippen molar-refractivity contribution < 1.29 is 9.47 Å². The van der Waals surface area contributed by atoms with E-state index in [2.05, 4.69) is 31.8 Å². The molecule has 0 aromatic heterocycles. The van der Waals surface area contributed by atoms with Crippen molar-refractivity contribution in [3.05, 3.63) is 0 Å². The largest absolute Gasteiger partial charge is 0.382 e. The SMILES string of the molecule is CC(C)OC[Si](C)(C)CN1CCOCC1. The lowest BCUT2D eigenvalue weighted by molar-refractivity contribution is 0.0441. The van der Waals surface area contributed by atoms with Gasteiger partial charge in [0.15, 0.2) is 0 Å². The van der Waals surface area contributed by atoms with Crippen LogP contribution in [0.2, 0.25) is 13.1 Å². The highest BCUT2D eigenvalue weighted by molar-refractivity contribution is 6.77. The van der Waals surface area contributed by atoms with Crippen molar-refractivity contribution in [2.45, 2.75) is 33.0 Å². The Labute approximate surface area is 94.8 Å². The predicted molar refractivity (Wildman–Crippen MR) is 65.8 cm³/mol. The smallest absolute Gasteiger partial charge is 0.0923 e. The second-order valence-electron chi connectivity index (χ2n) is 5.41. The molecule has 0 aliphatic carbocycles. The zero-order valence-electron chi connectivity index (χ0n) is 10.6. The van der Waals surface area contributed by atoms with Crippen LogP contribution in [0.25, 0.3) is 0 Å². The Morgan fingerprint density at radius 2 is 1.87 bits per heavy atom. The maximum atomic E-state index is 5.75. The Hall–Kier alpha value is 0.0969. The molecule has 0 bridgehead atoms. The first-order chi connectivity index (χ1) is 6.99. The van der Waals surface area contributed by atoms with Crippen LogP contribution in [0, 0.1) is 0 Å². The number of nitrogens with zero attached hydrogens (tertiary/aromatic N) is 1. The minimum atomic E-state index is -1.21. The van der Waals surface area contributed by atoms with Gasteiger partial charge in [-0.3, -0.25) is 0 Å². The van der Waals surface area contributed by atoms with Crippen LogP contribution < -0.4 is 0 Å². The van der Waals surface area contributed by atoms with E-state index in [1.807, 2.05) is 0 Å². The lowest BCUT2D eigenvalue weighted by Crippen LogP contribution is -2.50. The van der Waals surface area contributed by atoms with Crippen molar-refractivity contribution in [2.75, 3.05) is 38.7 Å². The van der Waals surface area contributed by atoms with E-state index in [-0.39, 0.29) is 0 Å². The highest BCUT2D eigenvalue weighted by Crippen LogP contribution is 2.09. The Balaban J connectivity index is 2.26. The summed E-state index contributed by atoms with van der Waals surface area (Å²) in [5.41, 5.74) is 0. The Bertz CT molecular complexity index is 179. The zero-order chi connectivity index (χ0) is 11.3. The molecule has 1 fully saturated rings. The first-order valence-corrected chi connectivity index (χ1v) is 9.33. The van der Waals surface area contributed by atoms with E-state index >= 15 is 0 Å². The van der Waals surface area contributed by atoms with Crippen molar-refractivity contribution in [2.24, 2.45) is 0 Å². The van der Waals surface area contributed by atoms with Gasteiger partial charge in [-0.15, -0.1) is 0 Å². The fourth-order valence-electron chi connectivity index (χ4n) is 1.80. The maximum absolute atomic E-state index is 5.75. The van der Waals surface area contributed by atoms with E-state index < -0.39 is 8.07 Å². The third kappa shape index (κ3) is 5.66. The van der Waals surface area contributed by atoms with Crippen LogP contribution in [-0.4, -0.2) is 57.8 Å². The van der Waals surface area contributed by atoms with E-state index in [1.54, 1.807) is 0 Å². The van der Waals surface area contributed by atoms with Gasteiger partial charge in [-0.25, -0.2) is 0 Å². The minimum Gasteiger partial charge on any atom is -0.382 e. The van der Waals surface area contributed by atoms with Crippen molar-refractivity contribution >= 4 is 8.07 Å². The Kier molecular flexibility index (Phi) is 5.25. The molecule has 1 rings (SSSR count). The van der Waals surface area contributed by atoms with Crippen LogP contribution in [0.4, 0.5) is 0 Å². The first kappa shape index (κ1) is 13.2. The molecular formula is C11H25NO2Si. The number of ether oxygens (including phenoxy) is 2. The normalized spacial score (nSPS) is 19.8. The van der Waals surface area contributed by atoms with Crippen LogP contribution in [0.3, 0.4) is 0 Å². The van der Waals surface area contributed by atoms with Crippen molar-refractivity contribution in [3.8, 4) is 0 Å². The number of rotatable bonds is 5. The molecule has 1 aliphatic heterocycles. The molecule has 0 amide bonds. The minimum absolute atomic E-state index is 0.362. The molecule has 0 radical (unpaired) electrons. The molecule has 0 atom stereocenters. The summed E-state index contributed by atoms with van der Waals surface area (Å²) in [4.78, 5) is 2.53. The summed E-state index contributed by atoms with van der Waals surface area (Å²) in [5.74, 6) is 0. The highest BCUT2D eigenvalue weighted by atomic mass is 28.3. The number of hydrogen-bond donors (Lipinski definition) is 0. The molecule has 4 heteroatoms. The van der Waals surface area contributed by atoms with Crippen molar-refractivity contribution in [1.29, 1.82) is 0 Å².